The number of carbonyl (C=O) groups is 1. The van der Waals surface area contributed by atoms with Crippen molar-refractivity contribution in [3.63, 3.8) is 0 Å². The molecule has 8 heteroatoms. The van der Waals surface area contributed by atoms with Gasteiger partial charge in [-0.3, -0.25) is 14.3 Å². The van der Waals surface area contributed by atoms with Gasteiger partial charge in [-0.15, -0.1) is 10.2 Å². The number of nitrogens with zero attached hydrogens (tertiary/aromatic N) is 4. The third kappa shape index (κ3) is 5.46. The standard InChI is InChI=1S/C18H25ClN4O2S/c1-12(22(5)6)16-20-21-17(26-11-15(24)25-18(2,3)4)23(16)14-9-7-13(19)8-10-14/h7-10,12H,11H2,1-6H3. The van der Waals surface area contributed by atoms with E-state index in [1.54, 1.807) is 0 Å². The second-order valence-electron chi connectivity index (χ2n) is 7.17. The van der Waals surface area contributed by atoms with Crippen LogP contribution in [0, 0.1) is 0 Å². The zero-order valence-corrected chi connectivity index (χ0v) is 17.6. The lowest BCUT2D eigenvalue weighted by atomic mass is 10.2. The highest BCUT2D eigenvalue weighted by atomic mass is 35.5. The highest BCUT2D eigenvalue weighted by molar-refractivity contribution is 7.99. The van der Waals surface area contributed by atoms with Crippen LogP contribution in [-0.2, 0) is 9.53 Å². The molecule has 0 aliphatic carbocycles. The molecule has 2 rings (SSSR count). The molecule has 0 saturated heterocycles. The summed E-state index contributed by atoms with van der Waals surface area (Å²) < 4.78 is 7.32. The zero-order valence-electron chi connectivity index (χ0n) is 16.0. The molecule has 1 atom stereocenters. The Labute approximate surface area is 163 Å². The van der Waals surface area contributed by atoms with Crippen molar-refractivity contribution in [3.8, 4) is 5.69 Å². The van der Waals surface area contributed by atoms with Gasteiger partial charge < -0.3 is 4.74 Å². The number of esters is 1. The van der Waals surface area contributed by atoms with Crippen LogP contribution in [0.15, 0.2) is 29.4 Å². The predicted molar refractivity (Wildman–Crippen MR) is 105 cm³/mol. The number of hydrogen-bond acceptors (Lipinski definition) is 6. The van der Waals surface area contributed by atoms with Crippen LogP contribution < -0.4 is 0 Å². The van der Waals surface area contributed by atoms with Crippen LogP contribution in [0.3, 0.4) is 0 Å². The summed E-state index contributed by atoms with van der Waals surface area (Å²) in [6.45, 7) is 7.60. The Bertz CT molecular complexity index is 754. The average Bonchev–Trinajstić information content (AvgIpc) is 2.95. The van der Waals surface area contributed by atoms with Crippen molar-refractivity contribution in [2.24, 2.45) is 0 Å². The fraction of sp³-hybridized carbons (Fsp3) is 0.500. The minimum Gasteiger partial charge on any atom is -0.459 e. The summed E-state index contributed by atoms with van der Waals surface area (Å²) in [5, 5.41) is 9.95. The molecule has 0 spiro atoms. The number of ether oxygens (including phenoxy) is 1. The van der Waals surface area contributed by atoms with E-state index < -0.39 is 5.60 Å². The Hall–Kier alpha value is -1.57. The van der Waals surface area contributed by atoms with Crippen molar-refractivity contribution < 1.29 is 9.53 Å². The molecule has 1 heterocycles. The van der Waals surface area contributed by atoms with E-state index in [-0.39, 0.29) is 17.8 Å². The van der Waals surface area contributed by atoms with Gasteiger partial charge in [-0.1, -0.05) is 23.4 Å². The van der Waals surface area contributed by atoms with Crippen LogP contribution in [-0.4, -0.2) is 51.1 Å². The maximum atomic E-state index is 12.0. The molecule has 0 saturated carbocycles. The second-order valence-corrected chi connectivity index (χ2v) is 8.55. The van der Waals surface area contributed by atoms with E-state index in [2.05, 4.69) is 22.0 Å². The minimum atomic E-state index is -0.508. The molecule has 1 aromatic heterocycles. The van der Waals surface area contributed by atoms with E-state index in [0.717, 1.165) is 11.5 Å². The molecule has 0 aliphatic heterocycles. The number of thioether (sulfide) groups is 1. The monoisotopic (exact) mass is 396 g/mol. The van der Waals surface area contributed by atoms with E-state index in [0.29, 0.717) is 10.2 Å². The van der Waals surface area contributed by atoms with Gasteiger partial charge in [-0.2, -0.15) is 0 Å². The largest absolute Gasteiger partial charge is 0.459 e. The molecule has 142 valence electrons. The molecular formula is C18H25ClN4O2S. The van der Waals surface area contributed by atoms with Crippen LogP contribution in [0.2, 0.25) is 5.02 Å². The maximum absolute atomic E-state index is 12.0. The lowest BCUT2D eigenvalue weighted by molar-refractivity contribution is -0.151. The summed E-state index contributed by atoms with van der Waals surface area (Å²) in [6, 6.07) is 7.52. The average molecular weight is 397 g/mol. The van der Waals surface area contributed by atoms with E-state index in [9.17, 15) is 4.79 Å². The van der Waals surface area contributed by atoms with Gasteiger partial charge in [0.05, 0.1) is 11.8 Å². The van der Waals surface area contributed by atoms with E-state index in [4.69, 9.17) is 16.3 Å². The maximum Gasteiger partial charge on any atom is 0.316 e. The molecule has 1 aromatic carbocycles. The van der Waals surface area contributed by atoms with Crippen molar-refractivity contribution in [1.29, 1.82) is 0 Å². The van der Waals surface area contributed by atoms with Crippen LogP contribution in [0.25, 0.3) is 5.69 Å². The first kappa shape index (κ1) is 20.7. The van der Waals surface area contributed by atoms with Crippen LogP contribution >= 0.6 is 23.4 Å². The summed E-state index contributed by atoms with van der Waals surface area (Å²) in [4.78, 5) is 14.1. The van der Waals surface area contributed by atoms with Crippen LogP contribution in [0.4, 0.5) is 0 Å². The Kier molecular flexibility index (Phi) is 6.71. The number of halogens is 1. The van der Waals surface area contributed by atoms with Gasteiger partial charge in [0.2, 0.25) is 0 Å². The van der Waals surface area contributed by atoms with Gasteiger partial charge >= 0.3 is 5.97 Å². The lowest BCUT2D eigenvalue weighted by Gasteiger charge is -2.21. The third-order valence-corrected chi connectivity index (χ3v) is 4.79. The first-order valence-electron chi connectivity index (χ1n) is 8.31. The Balaban J connectivity index is 2.31. The SMILES string of the molecule is CC(c1nnc(SCC(=O)OC(C)(C)C)n1-c1ccc(Cl)cc1)N(C)C. The van der Waals surface area contributed by atoms with Crippen molar-refractivity contribution in [3.05, 3.63) is 35.1 Å². The summed E-state index contributed by atoms with van der Waals surface area (Å²) in [7, 11) is 3.97. The van der Waals surface area contributed by atoms with Gasteiger partial charge in [0, 0.05) is 10.7 Å². The fourth-order valence-electron chi connectivity index (χ4n) is 2.20. The lowest BCUT2D eigenvalue weighted by Crippen LogP contribution is -2.25. The molecule has 0 aliphatic rings. The van der Waals surface area contributed by atoms with Crippen molar-refractivity contribution >= 4 is 29.3 Å². The number of aromatic nitrogens is 3. The van der Waals surface area contributed by atoms with Gasteiger partial charge in [0.25, 0.3) is 0 Å². The van der Waals surface area contributed by atoms with Gasteiger partial charge in [-0.05, 0) is 66.1 Å². The number of benzene rings is 1. The molecule has 26 heavy (non-hydrogen) atoms. The highest BCUT2D eigenvalue weighted by Crippen LogP contribution is 2.27. The quantitative estimate of drug-likeness (QED) is 0.543. The first-order valence-corrected chi connectivity index (χ1v) is 9.67. The Morgan fingerprint density at radius 2 is 1.88 bits per heavy atom. The first-order chi connectivity index (χ1) is 12.1. The Morgan fingerprint density at radius 1 is 1.27 bits per heavy atom. The molecule has 0 bridgehead atoms. The molecule has 6 nitrogen and oxygen atoms in total. The van der Waals surface area contributed by atoms with E-state index >= 15 is 0 Å². The molecular weight excluding hydrogens is 372 g/mol. The Morgan fingerprint density at radius 3 is 2.42 bits per heavy atom. The minimum absolute atomic E-state index is 0.0501. The topological polar surface area (TPSA) is 60.2 Å². The van der Waals surface area contributed by atoms with E-state index in [1.165, 1.54) is 11.8 Å². The van der Waals surface area contributed by atoms with E-state index in [1.807, 2.05) is 63.7 Å². The fourth-order valence-corrected chi connectivity index (χ4v) is 3.06. The third-order valence-electron chi connectivity index (χ3n) is 3.63. The van der Waals surface area contributed by atoms with Gasteiger partial charge in [0.1, 0.15) is 5.60 Å². The summed E-state index contributed by atoms with van der Waals surface area (Å²) in [5.41, 5.74) is 0.390. The molecule has 0 radical (unpaired) electrons. The number of hydrogen-bond donors (Lipinski definition) is 0. The van der Waals surface area contributed by atoms with Crippen molar-refractivity contribution in [2.45, 2.75) is 44.5 Å². The van der Waals surface area contributed by atoms with Crippen LogP contribution in [0.1, 0.15) is 39.6 Å². The number of rotatable bonds is 6. The highest BCUT2D eigenvalue weighted by Gasteiger charge is 2.23. The molecule has 1 unspecified atom stereocenters. The number of carbonyl (C=O) groups excluding carboxylic acids is 1. The molecule has 0 amide bonds. The van der Waals surface area contributed by atoms with Gasteiger partial charge in [0.15, 0.2) is 11.0 Å². The normalized spacial score (nSPS) is 13.1. The summed E-state index contributed by atoms with van der Waals surface area (Å²) in [5.74, 6) is 0.679. The smallest absolute Gasteiger partial charge is 0.316 e. The second kappa shape index (κ2) is 8.41. The molecule has 0 fully saturated rings. The van der Waals surface area contributed by atoms with Crippen LogP contribution in [0.5, 0.6) is 0 Å². The summed E-state index contributed by atoms with van der Waals surface area (Å²) >= 11 is 7.32. The van der Waals surface area contributed by atoms with Crippen molar-refractivity contribution in [1.82, 2.24) is 19.7 Å². The zero-order chi connectivity index (χ0) is 19.5. The van der Waals surface area contributed by atoms with Gasteiger partial charge in [-0.25, -0.2) is 0 Å². The predicted octanol–water partition coefficient (Wildman–Crippen LogP) is 3.98. The van der Waals surface area contributed by atoms with Crippen molar-refractivity contribution in [2.75, 3.05) is 19.8 Å². The molecule has 0 N–H and O–H groups in total. The summed E-state index contributed by atoms with van der Waals surface area (Å²) in [6.07, 6.45) is 0. The molecule has 2 aromatic rings.